The minimum Gasteiger partial charge on any atom is -0.351 e. The number of rotatable bonds is 14. The minimum absolute atomic E-state index is 0.316. The summed E-state index contributed by atoms with van der Waals surface area (Å²) >= 11 is 0. The molecule has 0 aliphatic heterocycles. The highest BCUT2D eigenvalue weighted by Crippen LogP contribution is 2.14. The van der Waals surface area contributed by atoms with E-state index < -0.39 is 9.05 Å². The van der Waals surface area contributed by atoms with E-state index in [0.29, 0.717) is 26.4 Å². The van der Waals surface area contributed by atoms with Crippen molar-refractivity contribution in [1.82, 2.24) is 0 Å². The Morgan fingerprint density at radius 1 is 0.684 bits per heavy atom. The first-order chi connectivity index (χ1) is 9.24. The lowest BCUT2D eigenvalue weighted by Crippen LogP contribution is -2.50. The van der Waals surface area contributed by atoms with Crippen molar-refractivity contribution in [2.45, 2.75) is 59.3 Å². The first kappa shape index (κ1) is 19.1. The molecule has 0 heterocycles. The Hall–Kier alpha value is 0.0569. The van der Waals surface area contributed by atoms with Gasteiger partial charge in [-0.25, -0.2) is 0 Å². The van der Waals surface area contributed by atoms with Crippen LogP contribution in [0.3, 0.4) is 0 Å². The van der Waals surface area contributed by atoms with Gasteiger partial charge in [-0.1, -0.05) is 40.0 Å². The summed E-state index contributed by atoms with van der Waals surface area (Å²) < 4.78 is 23.1. The van der Waals surface area contributed by atoms with Crippen molar-refractivity contribution < 1.29 is 17.7 Å². The molecule has 0 aliphatic carbocycles. The van der Waals surface area contributed by atoms with Gasteiger partial charge in [0.25, 0.3) is 0 Å². The average Bonchev–Trinajstić information content (AvgIpc) is 2.40. The molecule has 0 unspecified atom stereocenters. The standard InChI is InChI=1S/C14H31O4Si/c1-5-9-12-16-19(15-8-4,17-13-10-6-2)18-14-11-7-3/h4-14H2,1-3H3. The molecule has 0 spiro atoms. The van der Waals surface area contributed by atoms with E-state index in [2.05, 4.69) is 27.7 Å². The molecule has 0 aromatic carbocycles. The van der Waals surface area contributed by atoms with Crippen LogP contribution in [0.15, 0.2) is 0 Å². The van der Waals surface area contributed by atoms with Crippen LogP contribution >= 0.6 is 0 Å². The fourth-order valence-electron chi connectivity index (χ4n) is 1.40. The van der Waals surface area contributed by atoms with Gasteiger partial charge in [-0.05, 0) is 26.2 Å². The van der Waals surface area contributed by atoms with Gasteiger partial charge in [-0.2, -0.15) is 0 Å². The molecule has 0 saturated heterocycles. The van der Waals surface area contributed by atoms with Crippen LogP contribution in [0.5, 0.6) is 0 Å². The Balaban J connectivity index is 4.37. The van der Waals surface area contributed by atoms with Gasteiger partial charge in [-0.15, -0.1) is 0 Å². The first-order valence-corrected chi connectivity index (χ1v) is 9.23. The second-order valence-electron chi connectivity index (χ2n) is 4.45. The summed E-state index contributed by atoms with van der Waals surface area (Å²) in [6, 6.07) is 0. The number of hydrogen-bond donors (Lipinski definition) is 0. The molecule has 19 heavy (non-hydrogen) atoms. The predicted molar refractivity (Wildman–Crippen MR) is 79.6 cm³/mol. The van der Waals surface area contributed by atoms with Gasteiger partial charge in [-0.3, -0.25) is 0 Å². The normalized spacial score (nSPS) is 12.0. The molecule has 0 saturated carbocycles. The van der Waals surface area contributed by atoms with Crippen LogP contribution in [0, 0.1) is 6.92 Å². The third kappa shape index (κ3) is 9.57. The molecule has 0 atom stereocenters. The summed E-state index contributed by atoms with van der Waals surface area (Å²) in [7, 11) is -2.97. The van der Waals surface area contributed by atoms with Gasteiger partial charge in [0.05, 0.1) is 0 Å². The summed E-state index contributed by atoms with van der Waals surface area (Å²) in [4.78, 5) is 0. The van der Waals surface area contributed by atoms with Crippen LogP contribution in [-0.4, -0.2) is 35.5 Å². The molecule has 0 rings (SSSR count). The maximum atomic E-state index is 5.84. The van der Waals surface area contributed by atoms with Crippen molar-refractivity contribution in [3.05, 3.63) is 6.92 Å². The summed E-state index contributed by atoms with van der Waals surface area (Å²) in [5.41, 5.74) is 0. The fraction of sp³-hybridized carbons (Fsp3) is 0.929. The van der Waals surface area contributed by atoms with Crippen molar-refractivity contribution in [3.8, 4) is 0 Å². The van der Waals surface area contributed by atoms with E-state index in [1.54, 1.807) is 0 Å². The van der Waals surface area contributed by atoms with E-state index in [1.807, 2.05) is 0 Å². The topological polar surface area (TPSA) is 36.9 Å². The van der Waals surface area contributed by atoms with Gasteiger partial charge in [0, 0.05) is 26.4 Å². The Labute approximate surface area is 120 Å². The van der Waals surface area contributed by atoms with Crippen LogP contribution in [0.1, 0.15) is 59.3 Å². The van der Waals surface area contributed by atoms with Crippen LogP contribution in [0.25, 0.3) is 0 Å². The molecule has 0 aromatic heterocycles. The van der Waals surface area contributed by atoms with Gasteiger partial charge in [0.2, 0.25) is 0 Å². The van der Waals surface area contributed by atoms with E-state index in [1.165, 1.54) is 0 Å². The number of hydrogen-bond acceptors (Lipinski definition) is 4. The zero-order valence-corrected chi connectivity index (χ0v) is 13.9. The minimum atomic E-state index is -2.97. The Morgan fingerprint density at radius 3 is 1.32 bits per heavy atom. The predicted octanol–water partition coefficient (Wildman–Crippen LogP) is 3.72. The third-order valence-corrected chi connectivity index (χ3v) is 4.84. The SMILES string of the molecule is [CH2]CO[Si](OCCCC)(OCCCC)OCCCC. The molecular weight excluding hydrogens is 260 g/mol. The molecule has 0 fully saturated rings. The molecule has 5 heteroatoms. The number of unbranched alkanes of at least 4 members (excludes halogenated alkanes) is 3. The highest BCUT2D eigenvalue weighted by molar-refractivity contribution is 6.53. The van der Waals surface area contributed by atoms with Crippen LogP contribution in [0.4, 0.5) is 0 Å². The lowest BCUT2D eigenvalue weighted by Gasteiger charge is -2.27. The van der Waals surface area contributed by atoms with Gasteiger partial charge < -0.3 is 17.7 Å². The average molecular weight is 291 g/mol. The van der Waals surface area contributed by atoms with Crippen molar-refractivity contribution in [2.75, 3.05) is 26.4 Å². The molecule has 0 aliphatic rings. The van der Waals surface area contributed by atoms with Crippen molar-refractivity contribution in [2.24, 2.45) is 0 Å². The lowest BCUT2D eigenvalue weighted by molar-refractivity contribution is -0.0313. The second-order valence-corrected chi connectivity index (χ2v) is 6.61. The monoisotopic (exact) mass is 291 g/mol. The maximum absolute atomic E-state index is 5.84. The summed E-state index contributed by atoms with van der Waals surface area (Å²) in [5, 5.41) is 0. The van der Waals surface area contributed by atoms with Gasteiger partial charge >= 0.3 is 9.05 Å². The second kappa shape index (κ2) is 13.1. The molecule has 0 bridgehead atoms. The maximum Gasteiger partial charge on any atom is 0.679 e. The molecule has 0 N–H and O–H groups in total. The quantitative estimate of drug-likeness (QED) is 0.361. The van der Waals surface area contributed by atoms with E-state index in [-0.39, 0.29) is 0 Å². The van der Waals surface area contributed by atoms with Crippen LogP contribution in [-0.2, 0) is 17.7 Å². The third-order valence-electron chi connectivity index (χ3n) is 2.61. The molecule has 115 valence electrons. The smallest absolute Gasteiger partial charge is 0.351 e. The Morgan fingerprint density at radius 2 is 1.05 bits per heavy atom. The molecule has 0 amide bonds. The summed E-state index contributed by atoms with van der Waals surface area (Å²) in [5.74, 6) is 0. The van der Waals surface area contributed by atoms with E-state index in [9.17, 15) is 0 Å². The van der Waals surface area contributed by atoms with E-state index in [4.69, 9.17) is 17.7 Å². The largest absolute Gasteiger partial charge is 0.679 e. The molecule has 0 aromatic rings. The first-order valence-electron chi connectivity index (χ1n) is 7.59. The van der Waals surface area contributed by atoms with Crippen molar-refractivity contribution in [3.63, 3.8) is 0 Å². The van der Waals surface area contributed by atoms with Gasteiger partial charge in [0.15, 0.2) is 0 Å². The van der Waals surface area contributed by atoms with Crippen molar-refractivity contribution >= 4 is 9.05 Å². The Bertz CT molecular complexity index is 164. The van der Waals surface area contributed by atoms with Gasteiger partial charge in [0.1, 0.15) is 0 Å². The summed E-state index contributed by atoms with van der Waals surface area (Å²) in [6.45, 7) is 12.3. The lowest BCUT2D eigenvalue weighted by atomic mass is 10.4. The Kier molecular flexibility index (Phi) is 13.1. The zero-order chi connectivity index (χ0) is 14.4. The van der Waals surface area contributed by atoms with Crippen LogP contribution in [0.2, 0.25) is 0 Å². The highest BCUT2D eigenvalue weighted by Gasteiger charge is 2.45. The van der Waals surface area contributed by atoms with E-state index >= 15 is 0 Å². The fourth-order valence-corrected chi connectivity index (χ4v) is 3.33. The summed E-state index contributed by atoms with van der Waals surface area (Å²) in [6.07, 6.45) is 6.22. The van der Waals surface area contributed by atoms with Crippen LogP contribution < -0.4 is 0 Å². The van der Waals surface area contributed by atoms with Crippen molar-refractivity contribution in [1.29, 1.82) is 0 Å². The molecule has 4 nitrogen and oxygen atoms in total. The van der Waals surface area contributed by atoms with E-state index in [0.717, 1.165) is 38.5 Å². The zero-order valence-electron chi connectivity index (χ0n) is 12.9. The molecule has 1 radical (unpaired) electrons. The highest BCUT2D eigenvalue weighted by atomic mass is 28.4. The molecular formula is C14H31O4Si.